The molecule has 0 saturated carbocycles. The van der Waals surface area contributed by atoms with E-state index in [-0.39, 0.29) is 17.1 Å². The highest BCUT2D eigenvalue weighted by Crippen LogP contribution is 2.30. The van der Waals surface area contributed by atoms with Crippen LogP contribution in [-0.4, -0.2) is 59.3 Å². The number of nitrogens with one attached hydrogen (secondary N) is 1. The van der Waals surface area contributed by atoms with Gasteiger partial charge in [0.1, 0.15) is 18.3 Å². The molecule has 0 aliphatic carbocycles. The lowest BCUT2D eigenvalue weighted by Gasteiger charge is -2.15. The molecular weight excluding hydrogens is 334 g/mol. The molecule has 0 radical (unpaired) electrons. The fourth-order valence-corrected chi connectivity index (χ4v) is 2.92. The van der Waals surface area contributed by atoms with Gasteiger partial charge in [-0.2, -0.15) is 4.98 Å². The molecule has 2 aromatic rings. The Hall–Kier alpha value is -2.65. The van der Waals surface area contributed by atoms with E-state index in [4.69, 9.17) is 16.9 Å². The number of ether oxygens (including phenoxy) is 1. The van der Waals surface area contributed by atoms with Crippen LogP contribution in [-0.2, 0) is 4.74 Å². The summed E-state index contributed by atoms with van der Waals surface area (Å²) >= 11 is 0. The predicted molar refractivity (Wildman–Crippen MR) is 85.6 cm³/mol. The number of nitrogens with two attached hydrogens (primary N) is 1. The Labute approximate surface area is 140 Å². The molecule has 0 amide bonds. The van der Waals surface area contributed by atoms with Crippen molar-refractivity contribution in [3.8, 4) is 12.3 Å². The second-order valence-corrected chi connectivity index (χ2v) is 5.72. The number of imidazole rings is 1. The number of nitrogen functional groups attached to an aromatic ring is 1. The Balaban J connectivity index is 2.34. The summed E-state index contributed by atoms with van der Waals surface area (Å²) in [5.74, 6) is 2.10. The molecule has 0 bridgehead atoms. The van der Waals surface area contributed by atoms with Crippen LogP contribution in [0.4, 0.5) is 5.95 Å². The first-order chi connectivity index (χ1) is 11.8. The molecule has 1 aliphatic heterocycles. The van der Waals surface area contributed by atoms with Gasteiger partial charge in [0.05, 0.1) is 12.6 Å². The van der Waals surface area contributed by atoms with Crippen LogP contribution < -0.4 is 17.0 Å². The van der Waals surface area contributed by atoms with Crippen molar-refractivity contribution in [2.75, 3.05) is 12.3 Å². The first-order valence-electron chi connectivity index (χ1n) is 7.42. The molecule has 0 aromatic carbocycles. The van der Waals surface area contributed by atoms with Crippen molar-refractivity contribution >= 4 is 17.1 Å². The number of H-pyrrole nitrogens is 1. The number of hydrogen-bond acceptors (Lipinski definition) is 8. The van der Waals surface area contributed by atoms with Crippen molar-refractivity contribution in [1.82, 2.24) is 19.1 Å². The molecule has 1 unspecified atom stereocenters. The number of anilines is 1. The number of terminal acetylenes is 1. The molecule has 0 spiro atoms. The molecule has 5 atom stereocenters. The fraction of sp³-hybridized carbons (Fsp3) is 0.500. The summed E-state index contributed by atoms with van der Waals surface area (Å²) in [6.07, 6.45) is -0.0620. The molecule has 134 valence electrons. The summed E-state index contributed by atoms with van der Waals surface area (Å²) in [6.45, 7) is 0.956. The standard InChI is InChI=1S/C14H17N5O6/c1-3-5(2)18-7-10(16-13(15)17-11(7)23)19(14(18)24)12-9(22)8(21)6(4-20)25-12/h1,5-6,8-9,12,20-22H,4H2,2H3,(H3,15,16,17,23)/t5?,6-,8+,9-,12-/m1/s1. The van der Waals surface area contributed by atoms with Gasteiger partial charge in [-0.3, -0.25) is 14.3 Å². The molecule has 25 heavy (non-hydrogen) atoms. The lowest BCUT2D eigenvalue weighted by molar-refractivity contribution is -0.0528. The minimum atomic E-state index is -1.53. The highest BCUT2D eigenvalue weighted by molar-refractivity contribution is 5.72. The molecule has 11 heteroatoms. The molecule has 3 rings (SSSR count). The summed E-state index contributed by atoms with van der Waals surface area (Å²) in [6, 6.07) is -0.792. The van der Waals surface area contributed by atoms with Crippen LogP contribution in [0.5, 0.6) is 0 Å². The zero-order chi connectivity index (χ0) is 18.5. The number of aromatic nitrogens is 4. The quantitative estimate of drug-likeness (QED) is 0.371. The van der Waals surface area contributed by atoms with E-state index in [0.29, 0.717) is 0 Å². The van der Waals surface area contributed by atoms with Crippen LogP contribution in [0.2, 0.25) is 0 Å². The summed E-state index contributed by atoms with van der Waals surface area (Å²) in [5.41, 5.74) is 3.81. The number of rotatable bonds is 3. The maximum atomic E-state index is 12.8. The van der Waals surface area contributed by atoms with Gasteiger partial charge < -0.3 is 25.8 Å². The lowest BCUT2D eigenvalue weighted by atomic mass is 10.1. The van der Waals surface area contributed by atoms with E-state index >= 15 is 0 Å². The number of aromatic amines is 1. The Bertz CT molecular complexity index is 969. The average molecular weight is 351 g/mol. The second kappa shape index (κ2) is 6.01. The molecule has 11 nitrogen and oxygen atoms in total. The Kier molecular flexibility index (Phi) is 4.13. The lowest BCUT2D eigenvalue weighted by Crippen LogP contribution is -2.36. The molecule has 6 N–H and O–H groups in total. The van der Waals surface area contributed by atoms with Crippen molar-refractivity contribution in [3.05, 3.63) is 20.8 Å². The Morgan fingerprint density at radius 3 is 2.68 bits per heavy atom. The molecule has 3 heterocycles. The van der Waals surface area contributed by atoms with Gasteiger partial charge in [0.25, 0.3) is 5.56 Å². The fourth-order valence-electron chi connectivity index (χ4n) is 2.92. The van der Waals surface area contributed by atoms with Gasteiger partial charge in [-0.1, -0.05) is 5.92 Å². The van der Waals surface area contributed by atoms with Crippen LogP contribution >= 0.6 is 0 Å². The summed E-state index contributed by atoms with van der Waals surface area (Å²) in [5, 5.41) is 29.3. The zero-order valence-corrected chi connectivity index (χ0v) is 13.2. The van der Waals surface area contributed by atoms with Crippen LogP contribution in [0, 0.1) is 12.3 Å². The van der Waals surface area contributed by atoms with E-state index in [2.05, 4.69) is 15.9 Å². The van der Waals surface area contributed by atoms with Gasteiger partial charge in [0, 0.05) is 0 Å². The second-order valence-electron chi connectivity index (χ2n) is 5.72. The van der Waals surface area contributed by atoms with Crippen LogP contribution in [0.25, 0.3) is 11.2 Å². The van der Waals surface area contributed by atoms with Crippen molar-refractivity contribution in [2.45, 2.75) is 37.5 Å². The normalized spacial score (nSPS) is 27.5. The van der Waals surface area contributed by atoms with Crippen LogP contribution in [0.15, 0.2) is 9.59 Å². The maximum Gasteiger partial charge on any atom is 0.333 e. The maximum absolute atomic E-state index is 12.8. The smallest absolute Gasteiger partial charge is 0.333 e. The summed E-state index contributed by atoms with van der Waals surface area (Å²) in [7, 11) is 0. The molecule has 1 fully saturated rings. The highest BCUT2D eigenvalue weighted by atomic mass is 16.6. The SMILES string of the molecule is C#CC(C)n1c(=O)n([C@@H]2O[C@H](CO)[C@H](O)[C@H]2O)c2nc(N)[nH]c(=O)c21. The van der Waals surface area contributed by atoms with Gasteiger partial charge in [0.15, 0.2) is 17.4 Å². The first kappa shape index (κ1) is 17.2. The van der Waals surface area contributed by atoms with E-state index in [0.717, 1.165) is 9.13 Å². The Morgan fingerprint density at radius 2 is 2.12 bits per heavy atom. The number of hydrogen-bond donors (Lipinski definition) is 5. The first-order valence-corrected chi connectivity index (χ1v) is 7.42. The molecule has 1 saturated heterocycles. The van der Waals surface area contributed by atoms with Crippen molar-refractivity contribution in [1.29, 1.82) is 0 Å². The monoisotopic (exact) mass is 351 g/mol. The van der Waals surface area contributed by atoms with Crippen molar-refractivity contribution in [2.24, 2.45) is 0 Å². The summed E-state index contributed by atoms with van der Waals surface area (Å²) < 4.78 is 7.30. The van der Waals surface area contributed by atoms with E-state index in [9.17, 15) is 24.9 Å². The molecule has 2 aromatic heterocycles. The number of nitrogens with zero attached hydrogens (tertiary/aromatic N) is 3. The minimum Gasteiger partial charge on any atom is -0.394 e. The third kappa shape index (κ3) is 2.43. The number of fused-ring (bicyclic) bond motifs is 1. The van der Waals surface area contributed by atoms with Gasteiger partial charge in [-0.25, -0.2) is 9.36 Å². The van der Waals surface area contributed by atoms with E-state index in [1.54, 1.807) is 0 Å². The minimum absolute atomic E-state index is 0.137. The van der Waals surface area contributed by atoms with Crippen molar-refractivity contribution in [3.63, 3.8) is 0 Å². The van der Waals surface area contributed by atoms with Gasteiger partial charge in [-0.05, 0) is 6.92 Å². The number of aliphatic hydroxyl groups is 3. The van der Waals surface area contributed by atoms with Gasteiger partial charge in [-0.15, -0.1) is 6.42 Å². The van der Waals surface area contributed by atoms with E-state index in [1.807, 2.05) is 0 Å². The predicted octanol–water partition coefficient (Wildman–Crippen LogP) is -2.73. The zero-order valence-electron chi connectivity index (χ0n) is 13.2. The molecule has 1 aliphatic rings. The van der Waals surface area contributed by atoms with Gasteiger partial charge in [0.2, 0.25) is 5.95 Å². The summed E-state index contributed by atoms with van der Waals surface area (Å²) in [4.78, 5) is 31.4. The number of aliphatic hydroxyl groups excluding tert-OH is 3. The van der Waals surface area contributed by atoms with Gasteiger partial charge >= 0.3 is 5.69 Å². The Morgan fingerprint density at radius 1 is 1.44 bits per heavy atom. The topological polar surface area (TPSA) is 169 Å². The van der Waals surface area contributed by atoms with Crippen LogP contribution in [0.3, 0.4) is 0 Å². The van der Waals surface area contributed by atoms with Crippen molar-refractivity contribution < 1.29 is 20.1 Å². The average Bonchev–Trinajstić information content (AvgIpc) is 3.01. The largest absolute Gasteiger partial charge is 0.394 e. The van der Waals surface area contributed by atoms with Crippen LogP contribution in [0.1, 0.15) is 19.2 Å². The van der Waals surface area contributed by atoms with E-state index < -0.39 is 48.4 Å². The third-order valence-electron chi connectivity index (χ3n) is 4.18. The highest BCUT2D eigenvalue weighted by Gasteiger charge is 2.45. The van der Waals surface area contributed by atoms with E-state index in [1.165, 1.54) is 6.92 Å². The molecular formula is C14H17N5O6. The third-order valence-corrected chi connectivity index (χ3v) is 4.18.